The highest BCUT2D eigenvalue weighted by Crippen LogP contribution is 2.50. The second-order valence-corrected chi connectivity index (χ2v) is 6.83. The first-order valence-electron chi connectivity index (χ1n) is 8.66. The van der Waals surface area contributed by atoms with E-state index in [9.17, 15) is 4.79 Å². The van der Waals surface area contributed by atoms with Crippen LogP contribution in [0.4, 0.5) is 0 Å². The molecule has 1 fully saturated rings. The van der Waals surface area contributed by atoms with Crippen LogP contribution in [0.5, 0.6) is 5.75 Å². The summed E-state index contributed by atoms with van der Waals surface area (Å²) in [5.41, 5.74) is 3.48. The fourth-order valence-electron chi connectivity index (χ4n) is 3.47. The molecule has 0 saturated heterocycles. The van der Waals surface area contributed by atoms with Crippen molar-refractivity contribution in [2.45, 2.75) is 24.7 Å². The van der Waals surface area contributed by atoms with E-state index in [1.807, 2.05) is 42.5 Å². The average molecular weight is 334 g/mol. The molecule has 128 valence electrons. The Labute approximate surface area is 147 Å². The van der Waals surface area contributed by atoms with E-state index in [0.717, 1.165) is 29.7 Å². The van der Waals surface area contributed by atoms with Crippen molar-refractivity contribution in [3.63, 3.8) is 0 Å². The maximum atomic E-state index is 12.3. The number of carbonyl (C=O) groups excluding carboxylic acids is 1. The summed E-state index contributed by atoms with van der Waals surface area (Å²) in [6.07, 6.45) is 4.71. The van der Waals surface area contributed by atoms with Gasteiger partial charge < -0.3 is 15.0 Å². The number of fused-ring (bicyclic) bond motifs is 1. The molecule has 25 heavy (non-hydrogen) atoms. The highest BCUT2D eigenvalue weighted by atomic mass is 16.5. The Balaban J connectivity index is 1.48. The Morgan fingerprint density at radius 1 is 1.20 bits per heavy atom. The van der Waals surface area contributed by atoms with Gasteiger partial charge in [-0.1, -0.05) is 30.3 Å². The molecule has 0 bridgehead atoms. The third-order valence-corrected chi connectivity index (χ3v) is 5.15. The van der Waals surface area contributed by atoms with Crippen molar-refractivity contribution in [2.75, 3.05) is 13.7 Å². The molecule has 2 aromatic carbocycles. The lowest BCUT2D eigenvalue weighted by atomic mass is 9.95. The molecular formula is C21H22N2O2. The first-order valence-corrected chi connectivity index (χ1v) is 8.66. The van der Waals surface area contributed by atoms with Crippen LogP contribution in [0.1, 0.15) is 24.0 Å². The predicted molar refractivity (Wildman–Crippen MR) is 98.9 cm³/mol. The average Bonchev–Trinajstić information content (AvgIpc) is 3.31. The van der Waals surface area contributed by atoms with Gasteiger partial charge in [0.1, 0.15) is 5.75 Å². The Morgan fingerprint density at radius 3 is 2.72 bits per heavy atom. The third-order valence-electron chi connectivity index (χ3n) is 5.15. The molecule has 1 saturated carbocycles. The van der Waals surface area contributed by atoms with Crippen LogP contribution >= 0.6 is 0 Å². The number of ether oxygens (including phenoxy) is 1. The predicted octanol–water partition coefficient (Wildman–Crippen LogP) is 3.57. The molecule has 0 aliphatic heterocycles. The molecule has 0 radical (unpaired) electrons. The summed E-state index contributed by atoms with van der Waals surface area (Å²) in [5, 5.41) is 4.32. The highest BCUT2D eigenvalue weighted by molar-refractivity contribution is 5.86. The number of amides is 1. The second-order valence-electron chi connectivity index (χ2n) is 6.83. The lowest BCUT2D eigenvalue weighted by molar-refractivity contribution is -0.120. The molecule has 4 heteroatoms. The number of aromatic nitrogens is 1. The molecule has 2 N–H and O–H groups in total. The molecule has 1 aliphatic rings. The Kier molecular flexibility index (Phi) is 3.96. The topological polar surface area (TPSA) is 54.1 Å². The zero-order chi connectivity index (χ0) is 17.3. The number of hydrogen-bond acceptors (Lipinski definition) is 2. The molecule has 0 atom stereocenters. The monoisotopic (exact) mass is 334 g/mol. The van der Waals surface area contributed by atoms with Gasteiger partial charge in [-0.15, -0.1) is 0 Å². The quantitative estimate of drug-likeness (QED) is 0.724. The van der Waals surface area contributed by atoms with Crippen molar-refractivity contribution in [1.82, 2.24) is 10.3 Å². The van der Waals surface area contributed by atoms with E-state index in [4.69, 9.17) is 4.74 Å². The number of H-pyrrole nitrogens is 1. The van der Waals surface area contributed by atoms with Gasteiger partial charge in [-0.3, -0.25) is 4.79 Å². The maximum absolute atomic E-state index is 12.3. The van der Waals surface area contributed by atoms with Gasteiger partial charge in [-0.05, 0) is 42.2 Å². The largest absolute Gasteiger partial charge is 0.497 e. The van der Waals surface area contributed by atoms with Crippen LogP contribution in [-0.2, 0) is 16.6 Å². The van der Waals surface area contributed by atoms with Crippen LogP contribution in [0.2, 0.25) is 0 Å². The van der Waals surface area contributed by atoms with E-state index in [1.165, 1.54) is 10.9 Å². The van der Waals surface area contributed by atoms with Gasteiger partial charge in [0, 0.05) is 29.1 Å². The molecule has 0 spiro atoms. The van der Waals surface area contributed by atoms with E-state index in [2.05, 4.69) is 22.6 Å². The van der Waals surface area contributed by atoms with Crippen molar-refractivity contribution >= 4 is 16.8 Å². The lowest BCUT2D eigenvalue weighted by Gasteiger charge is -2.16. The van der Waals surface area contributed by atoms with Crippen LogP contribution in [0.3, 0.4) is 0 Å². The second kappa shape index (κ2) is 6.28. The Hall–Kier alpha value is -2.75. The molecular weight excluding hydrogens is 312 g/mol. The van der Waals surface area contributed by atoms with Gasteiger partial charge in [-0.2, -0.15) is 0 Å². The van der Waals surface area contributed by atoms with Crippen LogP contribution in [-0.4, -0.2) is 24.5 Å². The summed E-state index contributed by atoms with van der Waals surface area (Å²) in [4.78, 5) is 15.6. The lowest BCUT2D eigenvalue weighted by Crippen LogP contribution is -2.33. The van der Waals surface area contributed by atoms with Gasteiger partial charge in [0.05, 0.1) is 13.5 Å². The molecule has 1 aromatic heterocycles. The van der Waals surface area contributed by atoms with Crippen molar-refractivity contribution in [1.29, 1.82) is 0 Å². The van der Waals surface area contributed by atoms with E-state index in [1.54, 1.807) is 7.11 Å². The van der Waals surface area contributed by atoms with Gasteiger partial charge in [0.2, 0.25) is 5.91 Å². The summed E-state index contributed by atoms with van der Waals surface area (Å²) in [7, 11) is 1.68. The number of rotatable bonds is 6. The zero-order valence-electron chi connectivity index (χ0n) is 14.3. The minimum Gasteiger partial charge on any atom is -0.497 e. The number of hydrogen-bond donors (Lipinski definition) is 2. The molecule has 1 aliphatic carbocycles. The molecule has 4 rings (SSSR count). The first kappa shape index (κ1) is 15.8. The summed E-state index contributed by atoms with van der Waals surface area (Å²) < 4.78 is 5.36. The minimum atomic E-state index is 0.0525. The Morgan fingerprint density at radius 2 is 2.00 bits per heavy atom. The first-order chi connectivity index (χ1) is 12.2. The molecule has 0 unspecified atom stereocenters. The standard InChI is InChI=1S/C21H22N2O2/c1-25-16-7-8-19-17(12-16)18(13-22-19)21(9-10-21)14-23-20(24)11-15-5-3-2-4-6-15/h2-8,12-13,22H,9-11,14H2,1H3,(H,23,24). The summed E-state index contributed by atoms with van der Waals surface area (Å²) in [6, 6.07) is 15.9. The zero-order valence-corrected chi connectivity index (χ0v) is 14.3. The molecule has 3 aromatic rings. The minimum absolute atomic E-state index is 0.0525. The third kappa shape index (κ3) is 3.12. The van der Waals surface area contributed by atoms with Gasteiger partial charge in [0.15, 0.2) is 0 Å². The number of carbonyl (C=O) groups is 1. The van der Waals surface area contributed by atoms with Crippen LogP contribution in [0.25, 0.3) is 10.9 Å². The fraction of sp³-hybridized carbons (Fsp3) is 0.286. The van der Waals surface area contributed by atoms with E-state index in [-0.39, 0.29) is 11.3 Å². The number of methoxy groups -OCH3 is 1. The fourth-order valence-corrected chi connectivity index (χ4v) is 3.47. The van der Waals surface area contributed by atoms with E-state index >= 15 is 0 Å². The highest BCUT2D eigenvalue weighted by Gasteiger charge is 2.45. The molecule has 1 heterocycles. The normalized spacial score (nSPS) is 15.1. The van der Waals surface area contributed by atoms with Gasteiger partial charge >= 0.3 is 0 Å². The summed E-state index contributed by atoms with van der Waals surface area (Å²) in [5.74, 6) is 0.937. The maximum Gasteiger partial charge on any atom is 0.224 e. The van der Waals surface area contributed by atoms with E-state index in [0.29, 0.717) is 13.0 Å². The molecule has 1 amide bonds. The SMILES string of the molecule is COc1ccc2[nH]cc(C3(CNC(=O)Cc4ccccc4)CC3)c2c1. The van der Waals surface area contributed by atoms with Crippen LogP contribution in [0.15, 0.2) is 54.7 Å². The number of benzene rings is 2. The van der Waals surface area contributed by atoms with Gasteiger partial charge in [0.25, 0.3) is 0 Å². The Bertz CT molecular complexity index is 895. The number of nitrogens with one attached hydrogen (secondary N) is 2. The van der Waals surface area contributed by atoms with Crippen molar-refractivity contribution in [3.05, 3.63) is 65.9 Å². The van der Waals surface area contributed by atoms with E-state index < -0.39 is 0 Å². The van der Waals surface area contributed by atoms with Gasteiger partial charge in [-0.25, -0.2) is 0 Å². The van der Waals surface area contributed by atoms with Crippen LogP contribution < -0.4 is 10.1 Å². The van der Waals surface area contributed by atoms with Crippen molar-refractivity contribution in [3.8, 4) is 5.75 Å². The summed E-state index contributed by atoms with van der Waals surface area (Å²) in [6.45, 7) is 0.683. The van der Waals surface area contributed by atoms with Crippen LogP contribution in [0, 0.1) is 0 Å². The van der Waals surface area contributed by atoms with Crippen molar-refractivity contribution in [2.24, 2.45) is 0 Å². The molecule has 4 nitrogen and oxygen atoms in total. The smallest absolute Gasteiger partial charge is 0.224 e. The summed E-state index contributed by atoms with van der Waals surface area (Å²) >= 11 is 0. The number of aromatic amines is 1. The van der Waals surface area contributed by atoms with Crippen molar-refractivity contribution < 1.29 is 9.53 Å².